The molecule has 1 N–H and O–H groups in total. The summed E-state index contributed by atoms with van der Waals surface area (Å²) in [6, 6.07) is 19.3. The second-order valence-corrected chi connectivity index (χ2v) is 8.77. The topological polar surface area (TPSA) is 42.9 Å². The van der Waals surface area contributed by atoms with Gasteiger partial charge in [0.2, 0.25) is 5.62 Å². The van der Waals surface area contributed by atoms with E-state index in [0.29, 0.717) is 24.0 Å². The Morgan fingerprint density at radius 1 is 0.853 bits per heavy atom. The first-order chi connectivity index (χ1) is 16.2. The second kappa shape index (κ2) is 9.50. The van der Waals surface area contributed by atoms with Crippen LogP contribution in [0.1, 0.15) is 33.9 Å². The Hall–Kier alpha value is -3.32. The predicted octanol–water partition coefficient (Wildman–Crippen LogP) is 6.04. The van der Waals surface area contributed by atoms with Gasteiger partial charge < -0.3 is 13.9 Å². The number of nitrogens with zero attached hydrogens (tertiary/aromatic N) is 2. The van der Waals surface area contributed by atoms with Crippen LogP contribution < -0.4 is 5.62 Å². The molecular formula is C27H28F3N3O. The highest BCUT2D eigenvalue weighted by Crippen LogP contribution is 2.32. The summed E-state index contributed by atoms with van der Waals surface area (Å²) < 4.78 is 49.7. The van der Waals surface area contributed by atoms with E-state index in [0.717, 1.165) is 34.4 Å². The second-order valence-electron chi connectivity index (χ2n) is 8.77. The summed E-state index contributed by atoms with van der Waals surface area (Å²) in [7, 11) is 1.57. The van der Waals surface area contributed by atoms with E-state index in [1.807, 2.05) is 62.4 Å². The fourth-order valence-corrected chi connectivity index (χ4v) is 4.30. The van der Waals surface area contributed by atoms with Crippen molar-refractivity contribution in [1.82, 2.24) is 9.13 Å². The molecule has 0 saturated carbocycles. The zero-order valence-electron chi connectivity index (χ0n) is 19.5. The van der Waals surface area contributed by atoms with Gasteiger partial charge in [-0.05, 0) is 49.6 Å². The Balaban J connectivity index is 1.88. The molecule has 0 bridgehead atoms. The number of rotatable bonds is 7. The van der Waals surface area contributed by atoms with E-state index in [2.05, 4.69) is 0 Å². The van der Waals surface area contributed by atoms with Gasteiger partial charge in [0.1, 0.15) is 0 Å². The number of methoxy groups -OCH3 is 1. The van der Waals surface area contributed by atoms with Crippen LogP contribution in [0.4, 0.5) is 13.2 Å². The molecule has 0 amide bonds. The Morgan fingerprint density at radius 3 is 2.00 bits per heavy atom. The fourth-order valence-electron chi connectivity index (χ4n) is 4.30. The number of hydrogen-bond acceptors (Lipinski definition) is 2. The average molecular weight is 468 g/mol. The molecule has 0 unspecified atom stereocenters. The normalized spacial score (nSPS) is 12.9. The summed E-state index contributed by atoms with van der Waals surface area (Å²) in [4.78, 5) is 0. The number of aromatic nitrogens is 2. The lowest BCUT2D eigenvalue weighted by atomic mass is 10.0. The van der Waals surface area contributed by atoms with Gasteiger partial charge in [-0.25, -0.2) is 0 Å². The minimum atomic E-state index is -4.47. The Labute approximate surface area is 196 Å². The lowest BCUT2D eigenvalue weighted by Gasteiger charge is -2.20. The van der Waals surface area contributed by atoms with E-state index in [4.69, 9.17) is 10.1 Å². The van der Waals surface area contributed by atoms with Crippen LogP contribution in [0.2, 0.25) is 0 Å². The van der Waals surface area contributed by atoms with Crippen molar-refractivity contribution in [3.05, 3.63) is 100 Å². The molecule has 0 radical (unpaired) electrons. The molecule has 0 aliphatic carbocycles. The SMILES string of the molecule is COC[C@H](Cc1ccc(C)cc1)n1c(=N)n(Cc2ccc(C)cc2)c2ccc(C(F)(F)F)cc21. The summed E-state index contributed by atoms with van der Waals surface area (Å²) in [5, 5.41) is 8.99. The van der Waals surface area contributed by atoms with Gasteiger partial charge in [-0.3, -0.25) is 5.41 Å². The standard InChI is InChI=1S/C27H28F3N3O/c1-18-4-8-20(9-5-18)14-23(17-34-3)33-25-15-22(27(28,29)30)12-13-24(25)32(26(33)31)16-21-10-6-19(2)7-11-21/h4-13,15,23,31H,14,16-17H2,1-3H3/t23-/m0/s1. The molecule has 3 aromatic carbocycles. The number of halogens is 3. The van der Waals surface area contributed by atoms with E-state index in [1.54, 1.807) is 16.2 Å². The summed E-state index contributed by atoms with van der Waals surface area (Å²) in [6.07, 6.45) is -3.94. The van der Waals surface area contributed by atoms with Gasteiger partial charge in [-0.1, -0.05) is 59.7 Å². The van der Waals surface area contributed by atoms with E-state index >= 15 is 0 Å². The van der Waals surface area contributed by atoms with E-state index in [-0.39, 0.29) is 18.3 Å². The van der Waals surface area contributed by atoms with E-state index in [9.17, 15) is 13.2 Å². The number of aryl methyl sites for hydroxylation is 2. The molecule has 178 valence electrons. The highest BCUT2D eigenvalue weighted by atomic mass is 19.4. The molecule has 0 fully saturated rings. The van der Waals surface area contributed by atoms with Gasteiger partial charge in [-0.2, -0.15) is 13.2 Å². The molecule has 0 saturated heterocycles. The van der Waals surface area contributed by atoms with E-state index < -0.39 is 11.7 Å². The maximum Gasteiger partial charge on any atom is 0.416 e. The van der Waals surface area contributed by atoms with Crippen LogP contribution in [0.25, 0.3) is 11.0 Å². The molecule has 0 aliphatic heterocycles. The Bertz CT molecular complexity index is 1330. The largest absolute Gasteiger partial charge is 0.416 e. The molecule has 0 spiro atoms. The van der Waals surface area contributed by atoms with Crippen LogP contribution in [0.3, 0.4) is 0 Å². The number of hydrogen-bond donors (Lipinski definition) is 1. The van der Waals surface area contributed by atoms with Crippen LogP contribution >= 0.6 is 0 Å². The average Bonchev–Trinajstić information content (AvgIpc) is 3.06. The number of benzene rings is 3. The molecule has 7 heteroatoms. The number of imidazole rings is 1. The van der Waals surface area contributed by atoms with Gasteiger partial charge in [0, 0.05) is 7.11 Å². The minimum Gasteiger partial charge on any atom is -0.383 e. The molecule has 0 aliphatic rings. The van der Waals surface area contributed by atoms with Crippen molar-refractivity contribution in [2.75, 3.05) is 13.7 Å². The predicted molar refractivity (Wildman–Crippen MR) is 127 cm³/mol. The maximum absolute atomic E-state index is 13.6. The zero-order valence-corrected chi connectivity index (χ0v) is 19.5. The molecule has 4 rings (SSSR count). The monoisotopic (exact) mass is 467 g/mol. The number of ether oxygens (including phenoxy) is 1. The molecule has 1 heterocycles. The van der Waals surface area contributed by atoms with Crippen LogP contribution in [-0.4, -0.2) is 22.9 Å². The number of fused-ring (bicyclic) bond motifs is 1. The summed E-state index contributed by atoms with van der Waals surface area (Å²) >= 11 is 0. The van der Waals surface area contributed by atoms with Gasteiger partial charge >= 0.3 is 6.18 Å². The van der Waals surface area contributed by atoms with Crippen molar-refractivity contribution in [3.8, 4) is 0 Å². The molecule has 1 atom stereocenters. The van der Waals surface area contributed by atoms with Crippen molar-refractivity contribution < 1.29 is 17.9 Å². The third-order valence-electron chi connectivity index (χ3n) is 6.11. The first-order valence-corrected chi connectivity index (χ1v) is 11.1. The van der Waals surface area contributed by atoms with Gasteiger partial charge in [0.25, 0.3) is 0 Å². The van der Waals surface area contributed by atoms with Crippen LogP contribution in [0, 0.1) is 19.3 Å². The highest BCUT2D eigenvalue weighted by molar-refractivity contribution is 5.77. The third kappa shape index (κ3) is 4.94. The van der Waals surface area contributed by atoms with Crippen LogP contribution in [0.5, 0.6) is 0 Å². The van der Waals surface area contributed by atoms with Gasteiger partial charge in [0.05, 0.1) is 35.8 Å². The first-order valence-electron chi connectivity index (χ1n) is 11.1. The first kappa shape index (κ1) is 23.8. The molecule has 4 aromatic rings. The maximum atomic E-state index is 13.6. The van der Waals surface area contributed by atoms with Gasteiger partial charge in [-0.15, -0.1) is 0 Å². The van der Waals surface area contributed by atoms with Crippen molar-refractivity contribution in [2.24, 2.45) is 0 Å². The third-order valence-corrected chi connectivity index (χ3v) is 6.11. The van der Waals surface area contributed by atoms with E-state index in [1.165, 1.54) is 6.07 Å². The van der Waals surface area contributed by atoms with Gasteiger partial charge in [0.15, 0.2) is 0 Å². The quantitative estimate of drug-likeness (QED) is 0.354. The van der Waals surface area contributed by atoms with Crippen LogP contribution in [0.15, 0.2) is 66.7 Å². The summed E-state index contributed by atoms with van der Waals surface area (Å²) in [5.41, 5.74) is 4.64. The van der Waals surface area contributed by atoms with Crippen molar-refractivity contribution in [1.29, 1.82) is 5.41 Å². The zero-order chi connectivity index (χ0) is 24.5. The summed E-state index contributed by atoms with van der Waals surface area (Å²) in [5.74, 6) is 0. The number of alkyl halides is 3. The van der Waals surface area contributed by atoms with Crippen molar-refractivity contribution >= 4 is 11.0 Å². The number of nitrogens with one attached hydrogen (secondary N) is 1. The van der Waals surface area contributed by atoms with Crippen molar-refractivity contribution in [3.63, 3.8) is 0 Å². The molecule has 4 nitrogen and oxygen atoms in total. The fraction of sp³-hybridized carbons (Fsp3) is 0.296. The Kier molecular flexibility index (Phi) is 6.66. The molecule has 34 heavy (non-hydrogen) atoms. The Morgan fingerprint density at radius 2 is 1.44 bits per heavy atom. The summed E-state index contributed by atoms with van der Waals surface area (Å²) in [6.45, 7) is 4.66. The highest BCUT2D eigenvalue weighted by Gasteiger charge is 2.32. The van der Waals surface area contributed by atoms with Crippen molar-refractivity contribution in [2.45, 2.75) is 39.0 Å². The molecular weight excluding hydrogens is 439 g/mol. The lowest BCUT2D eigenvalue weighted by Crippen LogP contribution is -2.31. The minimum absolute atomic E-state index is 0.143. The van der Waals surface area contributed by atoms with Crippen LogP contribution in [-0.2, 0) is 23.9 Å². The lowest BCUT2D eigenvalue weighted by molar-refractivity contribution is -0.137. The smallest absolute Gasteiger partial charge is 0.383 e. The molecule has 1 aromatic heterocycles.